The SMILES string of the molecule is [CH2]OCC(=O)NC1CCCCCCC1. The van der Waals surface area contributed by atoms with Crippen molar-refractivity contribution in [3.8, 4) is 0 Å². The van der Waals surface area contributed by atoms with Crippen LogP contribution in [0.4, 0.5) is 0 Å². The fourth-order valence-corrected chi connectivity index (χ4v) is 1.96. The van der Waals surface area contributed by atoms with Gasteiger partial charge in [0.2, 0.25) is 5.91 Å². The van der Waals surface area contributed by atoms with Crippen LogP contribution in [0.2, 0.25) is 0 Å². The number of nitrogens with one attached hydrogen (secondary N) is 1. The Morgan fingerprint density at radius 3 is 2.36 bits per heavy atom. The van der Waals surface area contributed by atoms with E-state index in [-0.39, 0.29) is 12.5 Å². The molecule has 0 aromatic heterocycles. The molecule has 1 radical (unpaired) electrons. The minimum atomic E-state index is -0.0365. The number of hydrogen-bond donors (Lipinski definition) is 1. The lowest BCUT2D eigenvalue weighted by Gasteiger charge is -2.20. The van der Waals surface area contributed by atoms with Gasteiger partial charge in [0, 0.05) is 6.04 Å². The van der Waals surface area contributed by atoms with Crippen molar-refractivity contribution in [3.63, 3.8) is 0 Å². The van der Waals surface area contributed by atoms with Gasteiger partial charge in [0.05, 0.1) is 7.11 Å². The van der Waals surface area contributed by atoms with Crippen molar-refractivity contribution in [1.82, 2.24) is 5.32 Å². The highest BCUT2D eigenvalue weighted by Crippen LogP contribution is 2.16. The van der Waals surface area contributed by atoms with Crippen molar-refractivity contribution >= 4 is 5.91 Å². The Labute approximate surface area is 86.2 Å². The van der Waals surface area contributed by atoms with Crippen LogP contribution in [0.3, 0.4) is 0 Å². The van der Waals surface area contributed by atoms with Gasteiger partial charge in [0.25, 0.3) is 0 Å². The maximum Gasteiger partial charge on any atom is 0.246 e. The van der Waals surface area contributed by atoms with Gasteiger partial charge in [-0.15, -0.1) is 0 Å². The highest BCUT2D eigenvalue weighted by atomic mass is 16.5. The molecule has 1 amide bonds. The number of ether oxygens (including phenoxy) is 1. The molecule has 0 heterocycles. The lowest BCUT2D eigenvalue weighted by atomic mass is 9.97. The second-order valence-corrected chi connectivity index (χ2v) is 3.96. The van der Waals surface area contributed by atoms with Gasteiger partial charge in [-0.1, -0.05) is 32.1 Å². The topological polar surface area (TPSA) is 38.3 Å². The second kappa shape index (κ2) is 6.82. The second-order valence-electron chi connectivity index (χ2n) is 3.96. The maximum atomic E-state index is 11.2. The number of carbonyl (C=O) groups excluding carboxylic acids is 1. The minimum Gasteiger partial charge on any atom is -0.369 e. The first-order valence-corrected chi connectivity index (χ1v) is 5.49. The van der Waals surface area contributed by atoms with Crippen LogP contribution in [0.15, 0.2) is 0 Å². The molecule has 1 aliphatic carbocycles. The lowest BCUT2D eigenvalue weighted by Crippen LogP contribution is -2.37. The van der Waals surface area contributed by atoms with Crippen LogP contribution in [0.5, 0.6) is 0 Å². The predicted octanol–water partition coefficient (Wildman–Crippen LogP) is 2.02. The van der Waals surface area contributed by atoms with E-state index >= 15 is 0 Å². The summed E-state index contributed by atoms with van der Waals surface area (Å²) in [6, 6.07) is 0.359. The van der Waals surface area contributed by atoms with Gasteiger partial charge in [-0.2, -0.15) is 0 Å². The fourth-order valence-electron chi connectivity index (χ4n) is 1.96. The Morgan fingerprint density at radius 1 is 1.21 bits per heavy atom. The summed E-state index contributed by atoms with van der Waals surface area (Å²) in [4.78, 5) is 11.2. The van der Waals surface area contributed by atoms with E-state index in [2.05, 4.69) is 17.2 Å². The van der Waals surface area contributed by atoms with Gasteiger partial charge in [-0.05, 0) is 12.8 Å². The molecule has 1 N–H and O–H groups in total. The van der Waals surface area contributed by atoms with Crippen LogP contribution >= 0.6 is 0 Å². The quantitative estimate of drug-likeness (QED) is 0.753. The standard InChI is InChI=1S/C11H20NO2/c1-14-9-11(13)12-10-7-5-3-2-4-6-8-10/h10H,1-9H2,(H,12,13). The van der Waals surface area contributed by atoms with Crippen molar-refractivity contribution in [1.29, 1.82) is 0 Å². The fraction of sp³-hybridized carbons (Fsp3) is 0.818. The van der Waals surface area contributed by atoms with E-state index in [0.717, 1.165) is 12.8 Å². The summed E-state index contributed by atoms with van der Waals surface area (Å²) >= 11 is 0. The summed E-state index contributed by atoms with van der Waals surface area (Å²) in [6.45, 7) is 0.0799. The molecule has 0 atom stereocenters. The zero-order valence-corrected chi connectivity index (χ0v) is 8.76. The highest BCUT2D eigenvalue weighted by molar-refractivity contribution is 5.77. The molecule has 1 aliphatic rings. The number of carbonyl (C=O) groups is 1. The van der Waals surface area contributed by atoms with Gasteiger partial charge >= 0.3 is 0 Å². The average molecular weight is 198 g/mol. The van der Waals surface area contributed by atoms with Crippen LogP contribution in [0, 0.1) is 7.11 Å². The molecule has 1 saturated carbocycles. The molecule has 0 saturated heterocycles. The van der Waals surface area contributed by atoms with Crippen molar-refractivity contribution in [2.45, 2.75) is 51.0 Å². The Morgan fingerprint density at radius 2 is 1.79 bits per heavy atom. The molecule has 0 aliphatic heterocycles. The summed E-state index contributed by atoms with van der Waals surface area (Å²) < 4.78 is 4.54. The van der Waals surface area contributed by atoms with Crippen LogP contribution in [0.1, 0.15) is 44.9 Å². The molecule has 1 fully saturated rings. The monoisotopic (exact) mass is 198 g/mol. The van der Waals surface area contributed by atoms with Gasteiger partial charge in [-0.25, -0.2) is 0 Å². The molecule has 81 valence electrons. The molecule has 14 heavy (non-hydrogen) atoms. The third-order valence-corrected chi connectivity index (χ3v) is 2.70. The van der Waals surface area contributed by atoms with Gasteiger partial charge in [-0.3, -0.25) is 4.79 Å². The summed E-state index contributed by atoms with van der Waals surface area (Å²) in [6.07, 6.45) is 8.65. The summed E-state index contributed by atoms with van der Waals surface area (Å²) in [7, 11) is 3.19. The van der Waals surface area contributed by atoms with E-state index in [1.165, 1.54) is 32.1 Å². The van der Waals surface area contributed by atoms with Crippen LogP contribution in [0.25, 0.3) is 0 Å². The summed E-state index contributed by atoms with van der Waals surface area (Å²) in [5.74, 6) is -0.0365. The highest BCUT2D eigenvalue weighted by Gasteiger charge is 2.13. The molecule has 0 aromatic rings. The molecular formula is C11H20NO2. The van der Waals surface area contributed by atoms with Gasteiger partial charge in [0.1, 0.15) is 6.61 Å². The minimum absolute atomic E-state index is 0.0365. The van der Waals surface area contributed by atoms with Crippen molar-refractivity contribution in [2.75, 3.05) is 6.61 Å². The molecular weight excluding hydrogens is 178 g/mol. The lowest BCUT2D eigenvalue weighted by molar-refractivity contribution is -0.125. The number of hydrogen-bond acceptors (Lipinski definition) is 2. The Balaban J connectivity index is 2.22. The third kappa shape index (κ3) is 4.61. The predicted molar refractivity (Wildman–Crippen MR) is 55.6 cm³/mol. The van der Waals surface area contributed by atoms with E-state index in [4.69, 9.17) is 0 Å². The zero-order valence-electron chi connectivity index (χ0n) is 8.76. The zero-order chi connectivity index (χ0) is 10.2. The van der Waals surface area contributed by atoms with Crippen LogP contribution in [-0.4, -0.2) is 18.6 Å². The summed E-state index contributed by atoms with van der Waals surface area (Å²) in [5, 5.41) is 2.98. The van der Waals surface area contributed by atoms with Crippen molar-refractivity contribution in [2.24, 2.45) is 0 Å². The third-order valence-electron chi connectivity index (χ3n) is 2.70. The molecule has 3 heteroatoms. The van der Waals surface area contributed by atoms with E-state index in [1.54, 1.807) is 0 Å². The van der Waals surface area contributed by atoms with Crippen molar-refractivity contribution < 1.29 is 9.53 Å². The Hall–Kier alpha value is -0.570. The Bertz CT molecular complexity index is 163. The Kier molecular flexibility index (Phi) is 5.60. The maximum absolute atomic E-state index is 11.2. The molecule has 0 unspecified atom stereocenters. The number of amides is 1. The number of rotatable bonds is 3. The van der Waals surface area contributed by atoms with Crippen molar-refractivity contribution in [3.05, 3.63) is 7.11 Å². The van der Waals surface area contributed by atoms with E-state index in [9.17, 15) is 4.79 Å². The molecule has 0 aromatic carbocycles. The van der Waals surface area contributed by atoms with E-state index in [0.29, 0.717) is 6.04 Å². The van der Waals surface area contributed by atoms with Gasteiger partial charge in [0.15, 0.2) is 0 Å². The van der Waals surface area contributed by atoms with E-state index < -0.39 is 0 Å². The summed E-state index contributed by atoms with van der Waals surface area (Å²) in [5.41, 5.74) is 0. The smallest absolute Gasteiger partial charge is 0.246 e. The van der Waals surface area contributed by atoms with E-state index in [1.807, 2.05) is 0 Å². The first-order valence-electron chi connectivity index (χ1n) is 5.49. The molecule has 3 nitrogen and oxygen atoms in total. The molecule has 1 rings (SSSR count). The average Bonchev–Trinajstić information content (AvgIpc) is 2.10. The normalized spacial score (nSPS) is 19.8. The largest absolute Gasteiger partial charge is 0.369 e. The van der Waals surface area contributed by atoms with Crippen LogP contribution in [-0.2, 0) is 9.53 Å². The van der Waals surface area contributed by atoms with Gasteiger partial charge < -0.3 is 10.1 Å². The van der Waals surface area contributed by atoms with Crippen LogP contribution < -0.4 is 5.32 Å². The first kappa shape index (κ1) is 11.5. The molecule has 0 spiro atoms. The molecule has 0 bridgehead atoms. The first-order chi connectivity index (χ1) is 6.83.